The van der Waals surface area contributed by atoms with Crippen molar-refractivity contribution in [3.05, 3.63) is 65.7 Å². The van der Waals surface area contributed by atoms with E-state index >= 15 is 0 Å². The summed E-state index contributed by atoms with van der Waals surface area (Å²) >= 11 is 0. The number of aromatic nitrogens is 1. The van der Waals surface area contributed by atoms with E-state index in [9.17, 15) is 4.79 Å². The van der Waals surface area contributed by atoms with Crippen LogP contribution < -0.4 is 16.4 Å². The largest absolute Gasteiger partial charge is 0.454 e. The lowest BCUT2D eigenvalue weighted by atomic mass is 10.1. The van der Waals surface area contributed by atoms with Gasteiger partial charge in [0.2, 0.25) is 0 Å². The van der Waals surface area contributed by atoms with Crippen LogP contribution in [0.4, 0.5) is 0 Å². The van der Waals surface area contributed by atoms with Gasteiger partial charge in [-0.1, -0.05) is 18.2 Å². The van der Waals surface area contributed by atoms with Gasteiger partial charge in [0.05, 0.1) is 12.1 Å². The number of fused-ring (bicyclic) bond motifs is 1. The second-order valence-electron chi connectivity index (χ2n) is 5.40. The Morgan fingerprint density at radius 2 is 1.92 bits per heavy atom. The molecular formula is C18H20IN5O2. The van der Waals surface area contributed by atoms with Gasteiger partial charge in [-0.3, -0.25) is 14.8 Å². The minimum Gasteiger partial charge on any atom is -0.454 e. The number of nitrogens with two attached hydrogens (primary N) is 1. The molecule has 0 aliphatic heterocycles. The number of nitrogens with zero attached hydrogens (tertiary/aromatic N) is 2. The summed E-state index contributed by atoms with van der Waals surface area (Å²) < 4.78 is 5.33. The predicted molar refractivity (Wildman–Crippen MR) is 111 cm³/mol. The Balaban J connectivity index is 0.00000243. The average Bonchev–Trinajstić information content (AvgIpc) is 3.11. The van der Waals surface area contributed by atoms with Crippen molar-refractivity contribution in [2.24, 2.45) is 10.7 Å². The standard InChI is InChI=1S/C18H19N5O2.HI/c1-20-18(23-11-13-6-7-16(25-13)17(19)24)22-10-12-8-9-21-15-5-3-2-4-14(12)15;/h2-9H,10-11H2,1H3,(H2,19,24)(H2,20,22,23);1H. The number of nitrogens with one attached hydrogen (secondary N) is 2. The van der Waals surface area contributed by atoms with Gasteiger partial charge < -0.3 is 20.8 Å². The predicted octanol–water partition coefficient (Wildman–Crippen LogP) is 2.41. The zero-order valence-corrected chi connectivity index (χ0v) is 16.6. The van der Waals surface area contributed by atoms with E-state index in [1.54, 1.807) is 25.4 Å². The minimum atomic E-state index is -0.585. The Morgan fingerprint density at radius 3 is 2.65 bits per heavy atom. The Bertz CT molecular complexity index is 917. The molecule has 136 valence electrons. The fraction of sp³-hybridized carbons (Fsp3) is 0.167. The summed E-state index contributed by atoms with van der Waals surface area (Å²) in [5.41, 5.74) is 7.26. The molecule has 0 radical (unpaired) electrons. The van der Waals surface area contributed by atoms with Gasteiger partial charge in [0.1, 0.15) is 5.76 Å². The van der Waals surface area contributed by atoms with Gasteiger partial charge in [-0.15, -0.1) is 24.0 Å². The lowest BCUT2D eigenvalue weighted by Crippen LogP contribution is -2.36. The number of para-hydroxylation sites is 1. The first kappa shape index (κ1) is 19.7. The number of amides is 1. The van der Waals surface area contributed by atoms with E-state index in [-0.39, 0.29) is 29.7 Å². The van der Waals surface area contributed by atoms with Crippen LogP contribution in [-0.4, -0.2) is 23.9 Å². The van der Waals surface area contributed by atoms with Gasteiger partial charge in [-0.05, 0) is 29.8 Å². The molecule has 7 nitrogen and oxygen atoms in total. The Kier molecular flexibility index (Phi) is 6.96. The molecule has 0 unspecified atom stereocenters. The first-order valence-electron chi connectivity index (χ1n) is 7.83. The SMILES string of the molecule is CN=C(NCc1ccc(C(N)=O)o1)NCc1ccnc2ccccc12.I. The van der Waals surface area contributed by atoms with Crippen LogP contribution >= 0.6 is 24.0 Å². The van der Waals surface area contributed by atoms with Crippen LogP contribution in [0.5, 0.6) is 0 Å². The Hall–Kier alpha value is -2.62. The number of primary amides is 1. The molecule has 0 bridgehead atoms. The van der Waals surface area contributed by atoms with Gasteiger partial charge in [0, 0.05) is 25.2 Å². The highest BCUT2D eigenvalue weighted by Crippen LogP contribution is 2.15. The highest BCUT2D eigenvalue weighted by atomic mass is 127. The molecule has 4 N–H and O–H groups in total. The smallest absolute Gasteiger partial charge is 0.284 e. The molecule has 26 heavy (non-hydrogen) atoms. The lowest BCUT2D eigenvalue weighted by Gasteiger charge is -2.12. The number of hydrogen-bond donors (Lipinski definition) is 3. The summed E-state index contributed by atoms with van der Waals surface area (Å²) in [4.78, 5) is 19.6. The molecule has 0 saturated carbocycles. The molecule has 0 fully saturated rings. The Labute approximate surface area is 168 Å². The molecule has 1 amide bonds. The molecular weight excluding hydrogens is 445 g/mol. The van der Waals surface area contributed by atoms with Crippen molar-refractivity contribution in [3.8, 4) is 0 Å². The van der Waals surface area contributed by atoms with Crippen LogP contribution in [0.1, 0.15) is 21.9 Å². The van der Waals surface area contributed by atoms with E-state index in [0.717, 1.165) is 16.5 Å². The molecule has 2 aromatic heterocycles. The number of hydrogen-bond acceptors (Lipinski definition) is 4. The van der Waals surface area contributed by atoms with Crippen LogP contribution in [0, 0.1) is 0 Å². The molecule has 3 aromatic rings. The normalized spacial score (nSPS) is 11.0. The van der Waals surface area contributed by atoms with E-state index in [0.29, 0.717) is 24.8 Å². The minimum absolute atomic E-state index is 0. The quantitative estimate of drug-likeness (QED) is 0.305. The highest BCUT2D eigenvalue weighted by molar-refractivity contribution is 14.0. The van der Waals surface area contributed by atoms with Gasteiger partial charge in [-0.25, -0.2) is 0 Å². The number of pyridine rings is 1. The molecule has 0 atom stereocenters. The number of guanidine groups is 1. The van der Waals surface area contributed by atoms with Crippen molar-refractivity contribution in [1.82, 2.24) is 15.6 Å². The van der Waals surface area contributed by atoms with Gasteiger partial charge in [-0.2, -0.15) is 0 Å². The average molecular weight is 465 g/mol. The molecule has 3 rings (SSSR count). The summed E-state index contributed by atoms with van der Waals surface area (Å²) in [6, 6.07) is 13.2. The Morgan fingerprint density at radius 1 is 1.15 bits per heavy atom. The third kappa shape index (κ3) is 4.72. The summed E-state index contributed by atoms with van der Waals surface area (Å²) in [6.45, 7) is 0.997. The molecule has 0 aliphatic carbocycles. The molecule has 0 aliphatic rings. The van der Waals surface area contributed by atoms with E-state index in [4.69, 9.17) is 10.2 Å². The fourth-order valence-corrected chi connectivity index (χ4v) is 2.48. The first-order chi connectivity index (χ1) is 12.2. The van der Waals surface area contributed by atoms with E-state index < -0.39 is 5.91 Å². The van der Waals surface area contributed by atoms with Crippen molar-refractivity contribution in [1.29, 1.82) is 0 Å². The van der Waals surface area contributed by atoms with E-state index in [2.05, 4.69) is 20.6 Å². The maximum atomic E-state index is 11.0. The second-order valence-corrected chi connectivity index (χ2v) is 5.40. The number of furan rings is 1. The summed E-state index contributed by atoms with van der Waals surface area (Å²) in [5.74, 6) is 0.783. The monoisotopic (exact) mass is 465 g/mol. The topological polar surface area (TPSA) is 106 Å². The van der Waals surface area contributed by atoms with Gasteiger partial charge >= 0.3 is 0 Å². The third-order valence-electron chi connectivity index (χ3n) is 3.74. The van der Waals surface area contributed by atoms with Crippen molar-refractivity contribution >= 4 is 46.7 Å². The van der Waals surface area contributed by atoms with Crippen molar-refractivity contribution < 1.29 is 9.21 Å². The van der Waals surface area contributed by atoms with E-state index in [1.165, 1.54) is 0 Å². The molecule has 1 aromatic carbocycles. The third-order valence-corrected chi connectivity index (χ3v) is 3.74. The number of carbonyl (C=O) groups is 1. The van der Waals surface area contributed by atoms with Crippen molar-refractivity contribution in [2.45, 2.75) is 13.1 Å². The maximum Gasteiger partial charge on any atom is 0.284 e. The summed E-state index contributed by atoms with van der Waals surface area (Å²) in [5, 5.41) is 7.49. The second kappa shape index (κ2) is 9.18. The lowest BCUT2D eigenvalue weighted by molar-refractivity contribution is 0.0972. The fourth-order valence-electron chi connectivity index (χ4n) is 2.48. The van der Waals surface area contributed by atoms with Crippen LogP contribution in [0.3, 0.4) is 0 Å². The number of carbonyl (C=O) groups excluding carboxylic acids is 1. The van der Waals surface area contributed by atoms with Crippen LogP contribution in [-0.2, 0) is 13.1 Å². The number of rotatable bonds is 5. The maximum absolute atomic E-state index is 11.0. The summed E-state index contributed by atoms with van der Waals surface area (Å²) in [7, 11) is 1.69. The molecule has 0 spiro atoms. The number of benzene rings is 1. The number of aliphatic imine (C=N–C) groups is 1. The molecule has 8 heteroatoms. The summed E-state index contributed by atoms with van der Waals surface area (Å²) in [6.07, 6.45) is 1.80. The molecule has 2 heterocycles. The van der Waals surface area contributed by atoms with Crippen LogP contribution in [0.25, 0.3) is 10.9 Å². The zero-order valence-electron chi connectivity index (χ0n) is 14.2. The highest BCUT2D eigenvalue weighted by Gasteiger charge is 2.08. The van der Waals surface area contributed by atoms with Crippen molar-refractivity contribution in [2.75, 3.05) is 7.05 Å². The van der Waals surface area contributed by atoms with Crippen LogP contribution in [0.15, 0.2) is 58.1 Å². The zero-order chi connectivity index (χ0) is 17.6. The van der Waals surface area contributed by atoms with Gasteiger partial charge in [0.25, 0.3) is 5.91 Å². The first-order valence-corrected chi connectivity index (χ1v) is 7.83. The van der Waals surface area contributed by atoms with Gasteiger partial charge in [0.15, 0.2) is 11.7 Å². The van der Waals surface area contributed by atoms with Crippen molar-refractivity contribution in [3.63, 3.8) is 0 Å². The number of halogens is 1. The van der Waals surface area contributed by atoms with Crippen LogP contribution in [0.2, 0.25) is 0 Å². The van der Waals surface area contributed by atoms with E-state index in [1.807, 2.05) is 30.3 Å². The molecule has 0 saturated heterocycles.